The Labute approximate surface area is 194 Å². The van der Waals surface area contributed by atoms with Crippen molar-refractivity contribution in [1.82, 2.24) is 15.3 Å². The number of hydrogen-bond acceptors (Lipinski definition) is 3. The Hall–Kier alpha value is -3.15. The van der Waals surface area contributed by atoms with Gasteiger partial charge in [-0.3, -0.25) is 9.59 Å². The van der Waals surface area contributed by atoms with Crippen molar-refractivity contribution < 1.29 is 9.59 Å². The van der Waals surface area contributed by atoms with Gasteiger partial charge in [-0.15, -0.1) is 0 Å². The maximum Gasteiger partial charge on any atom is 0.251 e. The third kappa shape index (κ3) is 4.80. The second-order valence-electron chi connectivity index (χ2n) is 9.71. The molecule has 2 aromatic carbocycles. The molecule has 3 aromatic rings. The SMILES string of the molecule is CC1CCCCC1C(=O)Nc1ccc(-c2nc3ccc(C(=O)NC4CCCC4)cc3[nH]2)cc1. The Morgan fingerprint density at radius 2 is 1.67 bits per heavy atom. The summed E-state index contributed by atoms with van der Waals surface area (Å²) in [5, 5.41) is 6.22. The summed E-state index contributed by atoms with van der Waals surface area (Å²) in [6, 6.07) is 13.7. The normalized spacial score (nSPS) is 21.2. The number of nitrogens with zero attached hydrogens (tertiary/aromatic N) is 1. The fourth-order valence-corrected chi connectivity index (χ4v) is 5.28. The Bertz CT molecular complexity index is 1140. The lowest BCUT2D eigenvalue weighted by Gasteiger charge is -2.27. The highest BCUT2D eigenvalue weighted by molar-refractivity contribution is 5.98. The van der Waals surface area contributed by atoms with Crippen LogP contribution in [0.1, 0.15) is 68.6 Å². The van der Waals surface area contributed by atoms with Gasteiger partial charge in [0.2, 0.25) is 5.91 Å². The standard InChI is InChI=1S/C27H32N4O2/c1-17-6-2-5-9-22(17)27(33)29-21-13-10-18(11-14-21)25-30-23-15-12-19(16-24(23)31-25)26(32)28-20-7-3-4-8-20/h10-17,20,22H,2-9H2,1H3,(H,28,32)(H,29,33)(H,30,31). The summed E-state index contributed by atoms with van der Waals surface area (Å²) in [5.74, 6) is 1.40. The Kier molecular flexibility index (Phi) is 6.16. The molecule has 1 aromatic heterocycles. The average molecular weight is 445 g/mol. The van der Waals surface area contributed by atoms with E-state index in [0.717, 1.165) is 60.2 Å². The molecule has 2 unspecified atom stereocenters. The van der Waals surface area contributed by atoms with Crippen LogP contribution in [0.5, 0.6) is 0 Å². The first-order valence-corrected chi connectivity index (χ1v) is 12.3. The molecule has 2 atom stereocenters. The van der Waals surface area contributed by atoms with Gasteiger partial charge in [0.05, 0.1) is 11.0 Å². The van der Waals surface area contributed by atoms with E-state index in [9.17, 15) is 9.59 Å². The van der Waals surface area contributed by atoms with E-state index in [1.165, 1.54) is 19.3 Å². The van der Waals surface area contributed by atoms with Crippen molar-refractivity contribution >= 4 is 28.5 Å². The van der Waals surface area contributed by atoms with E-state index in [1.807, 2.05) is 42.5 Å². The molecule has 2 saturated carbocycles. The third-order valence-electron chi connectivity index (χ3n) is 7.31. The number of benzene rings is 2. The van der Waals surface area contributed by atoms with Gasteiger partial charge in [0.25, 0.3) is 5.91 Å². The largest absolute Gasteiger partial charge is 0.349 e. The lowest BCUT2D eigenvalue weighted by molar-refractivity contribution is -0.122. The van der Waals surface area contributed by atoms with E-state index in [2.05, 4.69) is 27.5 Å². The van der Waals surface area contributed by atoms with Crippen LogP contribution in [0.25, 0.3) is 22.4 Å². The Balaban J connectivity index is 1.27. The van der Waals surface area contributed by atoms with Gasteiger partial charge in [-0.25, -0.2) is 4.98 Å². The van der Waals surface area contributed by atoms with Crippen molar-refractivity contribution in [3.63, 3.8) is 0 Å². The average Bonchev–Trinajstić information content (AvgIpc) is 3.49. The van der Waals surface area contributed by atoms with E-state index < -0.39 is 0 Å². The molecule has 6 nitrogen and oxygen atoms in total. The van der Waals surface area contributed by atoms with Crippen LogP contribution in [-0.2, 0) is 4.79 Å². The van der Waals surface area contributed by atoms with Crippen molar-refractivity contribution in [3.05, 3.63) is 48.0 Å². The smallest absolute Gasteiger partial charge is 0.251 e. The number of anilines is 1. The molecular formula is C27H32N4O2. The summed E-state index contributed by atoms with van der Waals surface area (Å²) >= 11 is 0. The molecule has 0 saturated heterocycles. The van der Waals surface area contributed by atoms with Crippen LogP contribution < -0.4 is 10.6 Å². The minimum Gasteiger partial charge on any atom is -0.349 e. The summed E-state index contributed by atoms with van der Waals surface area (Å²) in [6.07, 6.45) is 8.99. The molecule has 0 bridgehead atoms. The number of carbonyl (C=O) groups excluding carboxylic acids is 2. The van der Waals surface area contributed by atoms with Gasteiger partial charge >= 0.3 is 0 Å². The molecule has 2 aliphatic rings. The predicted molar refractivity (Wildman–Crippen MR) is 131 cm³/mol. The minimum atomic E-state index is -0.0210. The second kappa shape index (κ2) is 9.38. The third-order valence-corrected chi connectivity index (χ3v) is 7.31. The zero-order valence-electron chi connectivity index (χ0n) is 19.2. The zero-order valence-corrected chi connectivity index (χ0v) is 19.2. The molecule has 0 aliphatic heterocycles. The highest BCUT2D eigenvalue weighted by Gasteiger charge is 2.27. The number of hydrogen-bond donors (Lipinski definition) is 3. The highest BCUT2D eigenvalue weighted by Crippen LogP contribution is 2.31. The summed E-state index contributed by atoms with van der Waals surface area (Å²) in [4.78, 5) is 33.3. The molecule has 172 valence electrons. The van der Waals surface area contributed by atoms with Crippen LogP contribution in [0, 0.1) is 11.8 Å². The van der Waals surface area contributed by atoms with E-state index in [1.54, 1.807) is 0 Å². The van der Waals surface area contributed by atoms with Crippen molar-refractivity contribution in [2.45, 2.75) is 64.3 Å². The van der Waals surface area contributed by atoms with E-state index in [-0.39, 0.29) is 17.7 Å². The van der Waals surface area contributed by atoms with Crippen LogP contribution in [0.3, 0.4) is 0 Å². The topological polar surface area (TPSA) is 86.9 Å². The van der Waals surface area contributed by atoms with Crippen molar-refractivity contribution in [3.8, 4) is 11.4 Å². The van der Waals surface area contributed by atoms with Crippen LogP contribution >= 0.6 is 0 Å². The predicted octanol–water partition coefficient (Wildman–Crippen LogP) is 5.67. The number of rotatable bonds is 5. The minimum absolute atomic E-state index is 0.0210. The van der Waals surface area contributed by atoms with Gasteiger partial charge in [-0.2, -0.15) is 0 Å². The number of H-pyrrole nitrogens is 1. The van der Waals surface area contributed by atoms with Crippen LogP contribution in [-0.4, -0.2) is 27.8 Å². The molecule has 5 rings (SSSR count). The number of aromatic amines is 1. The Morgan fingerprint density at radius 1 is 0.939 bits per heavy atom. The lowest BCUT2D eigenvalue weighted by atomic mass is 9.80. The van der Waals surface area contributed by atoms with Crippen molar-refractivity contribution in [2.75, 3.05) is 5.32 Å². The van der Waals surface area contributed by atoms with Crippen molar-refractivity contribution in [2.24, 2.45) is 11.8 Å². The first-order chi connectivity index (χ1) is 16.1. The number of imidazole rings is 1. The fraction of sp³-hybridized carbons (Fsp3) is 0.444. The monoisotopic (exact) mass is 444 g/mol. The quantitative estimate of drug-likeness (QED) is 0.474. The highest BCUT2D eigenvalue weighted by atomic mass is 16.2. The lowest BCUT2D eigenvalue weighted by Crippen LogP contribution is -2.32. The molecule has 0 radical (unpaired) electrons. The van der Waals surface area contributed by atoms with Gasteiger partial charge in [-0.05, 0) is 74.1 Å². The molecule has 2 fully saturated rings. The number of amides is 2. The summed E-state index contributed by atoms with van der Waals surface area (Å²) in [7, 11) is 0. The molecule has 2 aliphatic carbocycles. The number of aromatic nitrogens is 2. The fourth-order valence-electron chi connectivity index (χ4n) is 5.28. The first kappa shape index (κ1) is 21.7. The van der Waals surface area contributed by atoms with Gasteiger partial charge in [0.1, 0.15) is 5.82 Å². The second-order valence-corrected chi connectivity index (χ2v) is 9.71. The van der Waals surface area contributed by atoms with Crippen LogP contribution in [0.4, 0.5) is 5.69 Å². The summed E-state index contributed by atoms with van der Waals surface area (Å²) < 4.78 is 0. The molecule has 1 heterocycles. The van der Waals surface area contributed by atoms with E-state index in [0.29, 0.717) is 17.5 Å². The summed E-state index contributed by atoms with van der Waals surface area (Å²) in [5.41, 5.74) is 4.06. The summed E-state index contributed by atoms with van der Waals surface area (Å²) in [6.45, 7) is 2.18. The maximum absolute atomic E-state index is 12.7. The molecular weight excluding hydrogens is 412 g/mol. The molecule has 0 spiro atoms. The van der Waals surface area contributed by atoms with Crippen molar-refractivity contribution in [1.29, 1.82) is 0 Å². The van der Waals surface area contributed by atoms with E-state index >= 15 is 0 Å². The van der Waals surface area contributed by atoms with Gasteiger partial charge < -0.3 is 15.6 Å². The molecule has 3 N–H and O–H groups in total. The number of fused-ring (bicyclic) bond motifs is 1. The van der Waals surface area contributed by atoms with Crippen LogP contribution in [0.15, 0.2) is 42.5 Å². The molecule has 33 heavy (non-hydrogen) atoms. The number of carbonyl (C=O) groups is 2. The zero-order chi connectivity index (χ0) is 22.8. The van der Waals surface area contributed by atoms with Gasteiger partial charge in [0.15, 0.2) is 0 Å². The van der Waals surface area contributed by atoms with Gasteiger partial charge in [0, 0.05) is 28.8 Å². The Morgan fingerprint density at radius 3 is 2.42 bits per heavy atom. The van der Waals surface area contributed by atoms with E-state index in [4.69, 9.17) is 0 Å². The molecule has 2 amide bonds. The van der Waals surface area contributed by atoms with Crippen LogP contribution in [0.2, 0.25) is 0 Å². The van der Waals surface area contributed by atoms with Gasteiger partial charge in [-0.1, -0.05) is 32.6 Å². The maximum atomic E-state index is 12.7. The first-order valence-electron chi connectivity index (χ1n) is 12.3. The molecule has 6 heteroatoms. The number of nitrogens with one attached hydrogen (secondary N) is 3.